The quantitative estimate of drug-likeness (QED) is 0.634. The molecule has 0 aliphatic rings. The van der Waals surface area contributed by atoms with Crippen molar-refractivity contribution in [2.75, 3.05) is 0 Å². The Morgan fingerprint density at radius 2 is 1.91 bits per heavy atom. The smallest absolute Gasteiger partial charge is 0.279 e. The van der Waals surface area contributed by atoms with Gasteiger partial charge in [0.2, 0.25) is 0 Å². The predicted octanol–water partition coefficient (Wildman–Crippen LogP) is 4.71. The Bertz CT molecular complexity index is 801. The lowest BCUT2D eigenvalue weighted by Gasteiger charge is -2.08. The van der Waals surface area contributed by atoms with Crippen LogP contribution >= 0.6 is 22.9 Å². The van der Waals surface area contributed by atoms with E-state index in [1.54, 1.807) is 37.3 Å². The van der Waals surface area contributed by atoms with E-state index in [0.717, 1.165) is 16.5 Å². The molecule has 2 aromatic carbocycles. The Balaban J connectivity index is 1.75. The Morgan fingerprint density at radius 3 is 2.64 bits per heavy atom. The lowest BCUT2D eigenvalue weighted by atomic mass is 10.3. The number of rotatable bonds is 5. The topological polar surface area (TPSA) is 48.4 Å². The van der Waals surface area contributed by atoms with E-state index >= 15 is 0 Å². The van der Waals surface area contributed by atoms with Gasteiger partial charge in [0.25, 0.3) is 5.19 Å². The summed E-state index contributed by atoms with van der Waals surface area (Å²) in [5.74, 6) is 1.26. The number of carbonyl (C=O) groups is 1. The highest BCUT2D eigenvalue weighted by Crippen LogP contribution is 2.33. The van der Waals surface area contributed by atoms with Crippen LogP contribution in [0.25, 0.3) is 10.2 Å². The van der Waals surface area contributed by atoms with Gasteiger partial charge >= 0.3 is 0 Å². The first-order chi connectivity index (χ1) is 10.6. The molecule has 0 saturated heterocycles. The summed E-state index contributed by atoms with van der Waals surface area (Å²) in [4.78, 5) is 15.0. The molecule has 1 atom stereocenters. The highest BCUT2D eigenvalue weighted by atomic mass is 35.5. The molecule has 3 rings (SSSR count). The third kappa shape index (κ3) is 3.37. The molecule has 0 N–H and O–H groups in total. The summed E-state index contributed by atoms with van der Waals surface area (Å²) in [5.41, 5.74) is 0.851. The number of hydrogen-bond donors (Lipinski definition) is 0. The Kier molecular flexibility index (Phi) is 4.27. The van der Waals surface area contributed by atoms with Gasteiger partial charge in [0.1, 0.15) is 11.5 Å². The minimum absolute atomic E-state index is 0.472. The molecule has 0 spiro atoms. The van der Waals surface area contributed by atoms with Crippen molar-refractivity contribution < 1.29 is 14.3 Å². The molecular formula is C16H12ClNO3S. The first-order valence-corrected chi connectivity index (χ1v) is 7.79. The number of hydrogen-bond acceptors (Lipinski definition) is 5. The maximum atomic E-state index is 10.6. The van der Waals surface area contributed by atoms with E-state index in [9.17, 15) is 4.79 Å². The van der Waals surface area contributed by atoms with Crippen molar-refractivity contribution in [2.24, 2.45) is 0 Å². The van der Waals surface area contributed by atoms with Crippen LogP contribution in [0.4, 0.5) is 0 Å². The summed E-state index contributed by atoms with van der Waals surface area (Å²) < 4.78 is 12.1. The number of carbonyl (C=O) groups excluding carboxylic acids is 1. The second-order valence-corrected chi connectivity index (χ2v) is 6.05. The minimum atomic E-state index is -0.472. The molecule has 22 heavy (non-hydrogen) atoms. The molecule has 0 fully saturated rings. The number of aldehydes is 1. The van der Waals surface area contributed by atoms with Crippen LogP contribution < -0.4 is 9.47 Å². The van der Waals surface area contributed by atoms with Crippen LogP contribution in [0.3, 0.4) is 0 Å². The highest BCUT2D eigenvalue weighted by Gasteiger charge is 2.07. The van der Waals surface area contributed by atoms with Crippen LogP contribution in [-0.4, -0.2) is 17.4 Å². The van der Waals surface area contributed by atoms with Gasteiger partial charge in [-0.1, -0.05) is 22.9 Å². The summed E-state index contributed by atoms with van der Waals surface area (Å²) in [5, 5.41) is 1.22. The van der Waals surface area contributed by atoms with Gasteiger partial charge in [-0.15, -0.1) is 0 Å². The van der Waals surface area contributed by atoms with Crippen molar-refractivity contribution in [1.29, 1.82) is 0 Å². The minimum Gasteiger partial charge on any atom is -0.483 e. The van der Waals surface area contributed by atoms with Crippen molar-refractivity contribution in [1.82, 2.24) is 4.98 Å². The fraction of sp³-hybridized carbons (Fsp3) is 0.125. The molecule has 4 nitrogen and oxygen atoms in total. The van der Waals surface area contributed by atoms with Gasteiger partial charge in [-0.2, -0.15) is 0 Å². The highest BCUT2D eigenvalue weighted by molar-refractivity contribution is 7.20. The van der Waals surface area contributed by atoms with Gasteiger partial charge in [-0.25, -0.2) is 4.98 Å². The summed E-state index contributed by atoms with van der Waals surface area (Å²) in [6, 6.07) is 12.6. The van der Waals surface area contributed by atoms with Crippen LogP contribution in [-0.2, 0) is 4.79 Å². The fourth-order valence-corrected chi connectivity index (χ4v) is 2.96. The molecule has 3 aromatic rings. The molecule has 0 aliphatic heterocycles. The third-order valence-corrected chi connectivity index (χ3v) is 4.00. The van der Waals surface area contributed by atoms with Crippen LogP contribution in [0.2, 0.25) is 5.02 Å². The van der Waals surface area contributed by atoms with Gasteiger partial charge in [0.15, 0.2) is 12.4 Å². The SMILES string of the molecule is CC(C=O)Oc1ccc(Oc2nc3ccc(Cl)cc3s2)cc1. The van der Waals surface area contributed by atoms with Crippen LogP contribution in [0, 0.1) is 0 Å². The summed E-state index contributed by atoms with van der Waals surface area (Å²) in [6.45, 7) is 1.68. The fourth-order valence-electron chi connectivity index (χ4n) is 1.85. The van der Waals surface area contributed by atoms with Crippen LogP contribution in [0.15, 0.2) is 42.5 Å². The van der Waals surface area contributed by atoms with Crippen molar-refractivity contribution in [3.8, 4) is 16.7 Å². The van der Waals surface area contributed by atoms with E-state index in [0.29, 0.717) is 21.7 Å². The molecule has 112 valence electrons. The average Bonchev–Trinajstić information content (AvgIpc) is 2.90. The molecule has 6 heteroatoms. The van der Waals surface area contributed by atoms with Crippen LogP contribution in [0.5, 0.6) is 16.7 Å². The largest absolute Gasteiger partial charge is 0.483 e. The van der Waals surface area contributed by atoms with E-state index in [4.69, 9.17) is 21.1 Å². The molecule has 0 radical (unpaired) electrons. The molecule has 1 heterocycles. The van der Waals surface area contributed by atoms with E-state index in [1.165, 1.54) is 11.3 Å². The van der Waals surface area contributed by atoms with Crippen molar-refractivity contribution in [2.45, 2.75) is 13.0 Å². The second kappa shape index (κ2) is 6.34. The number of aromatic nitrogens is 1. The zero-order valence-electron chi connectivity index (χ0n) is 11.7. The number of ether oxygens (including phenoxy) is 2. The van der Waals surface area contributed by atoms with Gasteiger partial charge in [-0.3, -0.25) is 4.79 Å². The molecule has 0 bridgehead atoms. The summed E-state index contributed by atoms with van der Waals surface area (Å²) >= 11 is 7.39. The molecule has 1 aromatic heterocycles. The van der Waals surface area contributed by atoms with Gasteiger partial charge in [-0.05, 0) is 49.4 Å². The predicted molar refractivity (Wildman–Crippen MR) is 87.3 cm³/mol. The number of nitrogens with zero attached hydrogens (tertiary/aromatic N) is 1. The molecule has 1 unspecified atom stereocenters. The normalized spacial score (nSPS) is 12.1. The monoisotopic (exact) mass is 333 g/mol. The van der Waals surface area contributed by atoms with E-state index < -0.39 is 6.10 Å². The van der Waals surface area contributed by atoms with Crippen LogP contribution in [0.1, 0.15) is 6.92 Å². The van der Waals surface area contributed by atoms with E-state index in [2.05, 4.69) is 4.98 Å². The van der Waals surface area contributed by atoms with Gasteiger partial charge in [0.05, 0.1) is 10.2 Å². The Labute approximate surface area is 136 Å². The second-order valence-electron chi connectivity index (χ2n) is 4.62. The maximum Gasteiger partial charge on any atom is 0.279 e. The Hall–Kier alpha value is -2.11. The molecule has 0 amide bonds. The lowest BCUT2D eigenvalue weighted by Crippen LogP contribution is -2.12. The number of fused-ring (bicyclic) bond motifs is 1. The standard InChI is InChI=1S/C16H12ClNO3S/c1-10(9-19)20-12-3-5-13(6-4-12)21-16-18-14-7-2-11(17)8-15(14)22-16/h2-10H,1H3. The van der Waals surface area contributed by atoms with Gasteiger partial charge < -0.3 is 9.47 Å². The summed E-state index contributed by atoms with van der Waals surface area (Å²) in [6.07, 6.45) is 0.275. The zero-order chi connectivity index (χ0) is 15.5. The van der Waals surface area contributed by atoms with Crippen molar-refractivity contribution >= 4 is 39.4 Å². The maximum absolute atomic E-state index is 10.6. The van der Waals surface area contributed by atoms with E-state index in [1.807, 2.05) is 12.1 Å². The average molecular weight is 334 g/mol. The number of thiazole rings is 1. The van der Waals surface area contributed by atoms with E-state index in [-0.39, 0.29) is 0 Å². The zero-order valence-corrected chi connectivity index (χ0v) is 13.2. The third-order valence-electron chi connectivity index (χ3n) is 2.87. The first-order valence-electron chi connectivity index (χ1n) is 6.60. The molecular weight excluding hydrogens is 322 g/mol. The lowest BCUT2D eigenvalue weighted by molar-refractivity contribution is -0.113. The number of halogens is 1. The summed E-state index contributed by atoms with van der Waals surface area (Å²) in [7, 11) is 0. The first kappa shape index (κ1) is 14.8. The Morgan fingerprint density at radius 1 is 1.18 bits per heavy atom. The molecule has 0 saturated carbocycles. The molecule has 0 aliphatic carbocycles. The van der Waals surface area contributed by atoms with Gasteiger partial charge in [0, 0.05) is 5.02 Å². The van der Waals surface area contributed by atoms with Crippen molar-refractivity contribution in [3.05, 3.63) is 47.5 Å². The van der Waals surface area contributed by atoms with Crippen molar-refractivity contribution in [3.63, 3.8) is 0 Å². The number of benzene rings is 2.